The molecule has 1 saturated carbocycles. The molecule has 0 bridgehead atoms. The summed E-state index contributed by atoms with van der Waals surface area (Å²) in [6.45, 7) is 4.58. The lowest BCUT2D eigenvalue weighted by Crippen LogP contribution is -2.32. The zero-order valence-electron chi connectivity index (χ0n) is 4.82. The quantitative estimate of drug-likeness (QED) is 0.481. The second-order valence-corrected chi connectivity index (χ2v) is 3.69. The summed E-state index contributed by atoms with van der Waals surface area (Å²) in [6.07, 6.45) is 1.41. The van der Waals surface area contributed by atoms with Crippen molar-refractivity contribution in [2.45, 2.75) is 25.1 Å². The van der Waals surface area contributed by atoms with Gasteiger partial charge in [0.15, 0.2) is 0 Å². The van der Waals surface area contributed by atoms with E-state index in [1.807, 2.05) is 0 Å². The van der Waals surface area contributed by atoms with E-state index in [2.05, 4.69) is 29.8 Å². The van der Waals surface area contributed by atoms with Crippen LogP contribution in [0.1, 0.15) is 20.3 Å². The molecule has 1 heteroatoms. The summed E-state index contributed by atoms with van der Waals surface area (Å²) in [4.78, 5) is 0.812. The zero-order chi connectivity index (χ0) is 5.44. The first-order valence-electron chi connectivity index (χ1n) is 2.86. The van der Waals surface area contributed by atoms with E-state index >= 15 is 0 Å². The van der Waals surface area contributed by atoms with Crippen LogP contribution in [-0.4, -0.2) is 4.83 Å². The van der Waals surface area contributed by atoms with E-state index < -0.39 is 0 Å². The molecule has 0 heterocycles. The van der Waals surface area contributed by atoms with Crippen molar-refractivity contribution in [2.75, 3.05) is 0 Å². The molecule has 1 fully saturated rings. The highest BCUT2D eigenvalue weighted by Crippen LogP contribution is 2.38. The predicted molar refractivity (Wildman–Crippen MR) is 35.7 cm³/mol. The van der Waals surface area contributed by atoms with Crippen molar-refractivity contribution in [2.24, 2.45) is 11.8 Å². The first-order chi connectivity index (χ1) is 3.22. The van der Waals surface area contributed by atoms with Gasteiger partial charge in [-0.25, -0.2) is 0 Å². The van der Waals surface area contributed by atoms with Gasteiger partial charge in [-0.3, -0.25) is 0 Å². The van der Waals surface area contributed by atoms with Crippen LogP contribution < -0.4 is 0 Å². The van der Waals surface area contributed by atoms with Crippen molar-refractivity contribution in [3.05, 3.63) is 0 Å². The molecule has 2 atom stereocenters. The average molecular weight is 163 g/mol. The Morgan fingerprint density at radius 2 is 1.71 bits per heavy atom. The van der Waals surface area contributed by atoms with E-state index in [-0.39, 0.29) is 0 Å². The van der Waals surface area contributed by atoms with E-state index in [9.17, 15) is 0 Å². The van der Waals surface area contributed by atoms with Gasteiger partial charge in [0.05, 0.1) is 0 Å². The average Bonchev–Trinajstić information content (AvgIpc) is 1.68. The largest absolute Gasteiger partial charge is 0.0885 e. The second-order valence-electron chi connectivity index (χ2n) is 2.63. The third kappa shape index (κ3) is 0.835. The number of alkyl halides is 1. The molecule has 0 aromatic rings. The Morgan fingerprint density at radius 3 is 1.71 bits per heavy atom. The highest BCUT2D eigenvalue weighted by atomic mass is 79.9. The van der Waals surface area contributed by atoms with Crippen molar-refractivity contribution < 1.29 is 0 Å². The fraction of sp³-hybridized carbons (Fsp3) is 1.00. The molecule has 0 aromatic carbocycles. The predicted octanol–water partition coefficient (Wildman–Crippen LogP) is 2.43. The number of halogens is 1. The molecule has 0 N–H and O–H groups in total. The summed E-state index contributed by atoms with van der Waals surface area (Å²) >= 11 is 3.59. The highest BCUT2D eigenvalue weighted by molar-refractivity contribution is 9.09. The van der Waals surface area contributed by atoms with Gasteiger partial charge < -0.3 is 0 Å². The maximum Gasteiger partial charge on any atom is 0.0197 e. The smallest absolute Gasteiger partial charge is 0.0197 e. The Morgan fingerprint density at radius 1 is 1.29 bits per heavy atom. The summed E-state index contributed by atoms with van der Waals surface area (Å²) < 4.78 is 0. The van der Waals surface area contributed by atoms with Gasteiger partial charge in [0.2, 0.25) is 0 Å². The molecular weight excluding hydrogens is 152 g/mol. The van der Waals surface area contributed by atoms with Crippen LogP contribution in [-0.2, 0) is 0 Å². The summed E-state index contributed by atoms with van der Waals surface area (Å²) in [5.74, 6) is 1.85. The standard InChI is InChI=1S/C6H11Br/c1-4-3-5(2)6(4)7/h4-6H,3H2,1-2H3. The maximum absolute atomic E-state index is 3.59. The molecule has 0 aliphatic heterocycles. The fourth-order valence-electron chi connectivity index (χ4n) is 1.21. The lowest BCUT2D eigenvalue weighted by Gasteiger charge is -2.36. The number of hydrogen-bond donors (Lipinski definition) is 0. The van der Waals surface area contributed by atoms with Gasteiger partial charge in [-0.2, -0.15) is 0 Å². The van der Waals surface area contributed by atoms with Gasteiger partial charge in [0.25, 0.3) is 0 Å². The summed E-state index contributed by atoms with van der Waals surface area (Å²) in [5.41, 5.74) is 0. The topological polar surface area (TPSA) is 0 Å². The van der Waals surface area contributed by atoms with Crippen molar-refractivity contribution in [3.63, 3.8) is 0 Å². The SMILES string of the molecule is CC1CC(C)C1Br. The van der Waals surface area contributed by atoms with Gasteiger partial charge >= 0.3 is 0 Å². The van der Waals surface area contributed by atoms with Crippen LogP contribution in [0.4, 0.5) is 0 Å². The van der Waals surface area contributed by atoms with Crippen molar-refractivity contribution in [1.29, 1.82) is 0 Å². The van der Waals surface area contributed by atoms with Crippen molar-refractivity contribution in [3.8, 4) is 0 Å². The Labute approximate surface area is 53.4 Å². The first kappa shape index (κ1) is 5.61. The minimum Gasteiger partial charge on any atom is -0.0885 e. The molecule has 0 saturated heterocycles. The monoisotopic (exact) mass is 162 g/mol. The third-order valence-corrected chi connectivity index (χ3v) is 3.64. The number of hydrogen-bond acceptors (Lipinski definition) is 0. The van der Waals surface area contributed by atoms with E-state index in [0.29, 0.717) is 0 Å². The molecule has 1 rings (SSSR count). The van der Waals surface area contributed by atoms with Crippen LogP contribution in [0.15, 0.2) is 0 Å². The van der Waals surface area contributed by atoms with E-state index in [0.717, 1.165) is 16.7 Å². The Balaban J connectivity index is 2.29. The van der Waals surface area contributed by atoms with E-state index in [4.69, 9.17) is 0 Å². The molecule has 7 heavy (non-hydrogen) atoms. The van der Waals surface area contributed by atoms with Gasteiger partial charge in [-0.15, -0.1) is 0 Å². The Hall–Kier alpha value is 0.480. The first-order valence-corrected chi connectivity index (χ1v) is 3.77. The van der Waals surface area contributed by atoms with E-state index in [1.54, 1.807) is 0 Å². The summed E-state index contributed by atoms with van der Waals surface area (Å²) in [6, 6.07) is 0. The molecule has 42 valence electrons. The molecule has 0 spiro atoms. The molecule has 0 amide bonds. The summed E-state index contributed by atoms with van der Waals surface area (Å²) in [5, 5.41) is 0. The fourth-order valence-corrected chi connectivity index (χ4v) is 1.64. The molecule has 1 aliphatic rings. The van der Waals surface area contributed by atoms with Crippen LogP contribution in [0, 0.1) is 11.8 Å². The molecule has 0 radical (unpaired) electrons. The van der Waals surface area contributed by atoms with Crippen LogP contribution in [0.3, 0.4) is 0 Å². The van der Waals surface area contributed by atoms with Crippen molar-refractivity contribution >= 4 is 15.9 Å². The molecule has 1 aliphatic carbocycles. The van der Waals surface area contributed by atoms with Gasteiger partial charge in [-0.1, -0.05) is 29.8 Å². The zero-order valence-corrected chi connectivity index (χ0v) is 6.40. The molecule has 2 unspecified atom stereocenters. The van der Waals surface area contributed by atoms with E-state index in [1.165, 1.54) is 6.42 Å². The molecular formula is C6H11Br. The van der Waals surface area contributed by atoms with Gasteiger partial charge in [0.1, 0.15) is 0 Å². The minimum atomic E-state index is 0.812. The third-order valence-electron chi connectivity index (χ3n) is 1.83. The minimum absolute atomic E-state index is 0.812. The summed E-state index contributed by atoms with van der Waals surface area (Å²) in [7, 11) is 0. The lowest BCUT2D eigenvalue weighted by atomic mass is 9.77. The Kier molecular flexibility index (Phi) is 1.42. The maximum atomic E-state index is 3.59. The second kappa shape index (κ2) is 1.77. The molecule has 0 nitrogen and oxygen atoms in total. The van der Waals surface area contributed by atoms with Crippen LogP contribution in [0.25, 0.3) is 0 Å². The normalized spacial score (nSPS) is 51.0. The Bertz CT molecular complexity index is 62.6. The van der Waals surface area contributed by atoms with Crippen LogP contribution in [0.2, 0.25) is 0 Å². The lowest BCUT2D eigenvalue weighted by molar-refractivity contribution is 0.254. The van der Waals surface area contributed by atoms with Gasteiger partial charge in [0, 0.05) is 4.83 Å². The van der Waals surface area contributed by atoms with Crippen molar-refractivity contribution in [1.82, 2.24) is 0 Å². The highest BCUT2D eigenvalue weighted by Gasteiger charge is 2.31. The van der Waals surface area contributed by atoms with Crippen LogP contribution in [0.5, 0.6) is 0 Å². The molecule has 0 aromatic heterocycles. The number of rotatable bonds is 0. The van der Waals surface area contributed by atoms with Gasteiger partial charge in [-0.05, 0) is 18.3 Å². The van der Waals surface area contributed by atoms with Crippen LogP contribution >= 0.6 is 15.9 Å².